The highest BCUT2D eigenvalue weighted by atomic mass is 35.5. The van der Waals surface area contributed by atoms with Crippen LogP contribution < -0.4 is 10.6 Å². The molecule has 5 nitrogen and oxygen atoms in total. The normalized spacial score (nSPS) is 32.1. The SMILES string of the molecule is Cl.OC1CN(CCC2CCNCC2)C(O)CN1. The molecule has 2 aliphatic rings. The third kappa shape index (κ3) is 4.69. The maximum absolute atomic E-state index is 9.76. The van der Waals surface area contributed by atoms with E-state index in [4.69, 9.17) is 0 Å². The molecular weight excluding hydrogens is 242 g/mol. The summed E-state index contributed by atoms with van der Waals surface area (Å²) in [5, 5.41) is 25.4. The largest absolute Gasteiger partial charge is 0.377 e. The first-order chi connectivity index (χ1) is 7.75. The Kier molecular flexibility index (Phi) is 6.69. The van der Waals surface area contributed by atoms with Crippen molar-refractivity contribution < 1.29 is 10.2 Å². The molecule has 0 aromatic rings. The number of aliphatic hydroxyl groups excluding tert-OH is 2. The Morgan fingerprint density at radius 3 is 2.59 bits per heavy atom. The van der Waals surface area contributed by atoms with Crippen LogP contribution in [0.25, 0.3) is 0 Å². The summed E-state index contributed by atoms with van der Waals surface area (Å²) in [6, 6.07) is 0. The number of rotatable bonds is 3. The minimum absolute atomic E-state index is 0. The van der Waals surface area contributed by atoms with Crippen LogP contribution in [0.2, 0.25) is 0 Å². The fraction of sp³-hybridized carbons (Fsp3) is 1.00. The molecule has 4 N–H and O–H groups in total. The third-order valence-electron chi connectivity index (χ3n) is 3.65. The van der Waals surface area contributed by atoms with E-state index in [0.717, 1.165) is 32.0 Å². The summed E-state index contributed by atoms with van der Waals surface area (Å²) >= 11 is 0. The number of hydrogen-bond donors (Lipinski definition) is 4. The number of β-amino-alcohol motifs (C(OH)–C–C–N with tert-alkyl or cyclic N) is 2. The Morgan fingerprint density at radius 2 is 1.88 bits per heavy atom. The van der Waals surface area contributed by atoms with Crippen LogP contribution in [0.5, 0.6) is 0 Å². The lowest BCUT2D eigenvalue weighted by Gasteiger charge is -2.36. The zero-order valence-corrected chi connectivity index (χ0v) is 11.0. The first-order valence-electron chi connectivity index (χ1n) is 6.30. The number of hydrogen-bond acceptors (Lipinski definition) is 5. The average Bonchev–Trinajstić information content (AvgIpc) is 2.32. The average molecular weight is 266 g/mol. The smallest absolute Gasteiger partial charge is 0.120 e. The summed E-state index contributed by atoms with van der Waals surface area (Å²) in [7, 11) is 0. The number of piperidine rings is 1. The lowest BCUT2D eigenvalue weighted by atomic mass is 9.94. The minimum Gasteiger partial charge on any atom is -0.377 e. The van der Waals surface area contributed by atoms with Gasteiger partial charge in [0, 0.05) is 19.6 Å². The molecule has 0 spiro atoms. The van der Waals surface area contributed by atoms with Gasteiger partial charge in [-0.3, -0.25) is 10.2 Å². The van der Waals surface area contributed by atoms with Gasteiger partial charge in [-0.05, 0) is 38.3 Å². The van der Waals surface area contributed by atoms with E-state index >= 15 is 0 Å². The molecule has 2 unspecified atom stereocenters. The van der Waals surface area contributed by atoms with Crippen molar-refractivity contribution in [2.24, 2.45) is 5.92 Å². The van der Waals surface area contributed by atoms with Gasteiger partial charge in [0.2, 0.25) is 0 Å². The van der Waals surface area contributed by atoms with Gasteiger partial charge in [0.05, 0.1) is 0 Å². The van der Waals surface area contributed by atoms with E-state index in [2.05, 4.69) is 10.6 Å². The van der Waals surface area contributed by atoms with Gasteiger partial charge in [0.1, 0.15) is 12.5 Å². The summed E-state index contributed by atoms with van der Waals surface area (Å²) in [5.74, 6) is 0.778. The highest BCUT2D eigenvalue weighted by molar-refractivity contribution is 5.85. The predicted molar refractivity (Wildman–Crippen MR) is 69.0 cm³/mol. The van der Waals surface area contributed by atoms with Crippen LogP contribution >= 0.6 is 12.4 Å². The van der Waals surface area contributed by atoms with Gasteiger partial charge >= 0.3 is 0 Å². The summed E-state index contributed by atoms with van der Waals surface area (Å²) in [6.07, 6.45) is 2.68. The second-order valence-electron chi connectivity index (χ2n) is 4.88. The van der Waals surface area contributed by atoms with Crippen LogP contribution in [-0.4, -0.2) is 60.3 Å². The van der Waals surface area contributed by atoms with Crippen LogP contribution in [-0.2, 0) is 0 Å². The molecular formula is C11H24ClN3O2. The molecule has 0 bridgehead atoms. The van der Waals surface area contributed by atoms with Crippen LogP contribution in [0, 0.1) is 5.92 Å². The quantitative estimate of drug-likeness (QED) is 0.546. The number of halogens is 1. The Labute approximate surface area is 109 Å². The van der Waals surface area contributed by atoms with Crippen molar-refractivity contribution in [3.05, 3.63) is 0 Å². The summed E-state index contributed by atoms with van der Waals surface area (Å²) in [5.41, 5.74) is 0. The monoisotopic (exact) mass is 265 g/mol. The van der Waals surface area contributed by atoms with Gasteiger partial charge in [-0.15, -0.1) is 12.4 Å². The van der Waals surface area contributed by atoms with E-state index < -0.39 is 12.5 Å². The Hall–Kier alpha value is 0.0900. The molecule has 6 heteroatoms. The van der Waals surface area contributed by atoms with Crippen LogP contribution in [0.3, 0.4) is 0 Å². The van der Waals surface area contributed by atoms with Gasteiger partial charge in [0.15, 0.2) is 0 Å². The van der Waals surface area contributed by atoms with E-state index in [9.17, 15) is 10.2 Å². The molecule has 0 aromatic carbocycles. The number of piperazine rings is 1. The van der Waals surface area contributed by atoms with Crippen molar-refractivity contribution in [3.8, 4) is 0 Å². The fourth-order valence-corrected chi connectivity index (χ4v) is 2.54. The topological polar surface area (TPSA) is 67.8 Å². The number of aliphatic hydroxyl groups is 2. The third-order valence-corrected chi connectivity index (χ3v) is 3.65. The highest BCUT2D eigenvalue weighted by Gasteiger charge is 2.25. The maximum atomic E-state index is 9.76. The van der Waals surface area contributed by atoms with Crippen molar-refractivity contribution >= 4 is 12.4 Å². The Bertz CT molecular complexity index is 215. The molecule has 102 valence electrons. The van der Waals surface area contributed by atoms with Crippen molar-refractivity contribution in [2.75, 3.05) is 32.7 Å². The minimum atomic E-state index is -0.489. The van der Waals surface area contributed by atoms with Gasteiger partial charge in [-0.25, -0.2) is 0 Å². The van der Waals surface area contributed by atoms with Crippen molar-refractivity contribution in [1.82, 2.24) is 15.5 Å². The lowest BCUT2D eigenvalue weighted by Crippen LogP contribution is -2.56. The molecule has 2 fully saturated rings. The molecule has 2 heterocycles. The molecule has 0 amide bonds. The number of nitrogens with one attached hydrogen (secondary N) is 2. The zero-order valence-electron chi connectivity index (χ0n) is 10.1. The van der Waals surface area contributed by atoms with Gasteiger partial charge in [-0.2, -0.15) is 0 Å². The second kappa shape index (κ2) is 7.51. The van der Waals surface area contributed by atoms with Crippen molar-refractivity contribution in [1.29, 1.82) is 0 Å². The molecule has 0 aromatic heterocycles. The maximum Gasteiger partial charge on any atom is 0.120 e. The standard InChI is InChI=1S/C11H23N3O2.ClH/c15-10-8-14(11(16)7-13-10)6-3-9-1-4-12-5-2-9;/h9-13,15-16H,1-8H2;1H. The van der Waals surface area contributed by atoms with Gasteiger partial charge < -0.3 is 15.5 Å². The molecule has 2 aliphatic heterocycles. The van der Waals surface area contributed by atoms with E-state index in [-0.39, 0.29) is 12.4 Å². The molecule has 0 saturated carbocycles. The number of nitrogens with zero attached hydrogens (tertiary/aromatic N) is 1. The molecule has 17 heavy (non-hydrogen) atoms. The molecule has 2 saturated heterocycles. The lowest BCUT2D eigenvalue weighted by molar-refractivity contribution is -0.0691. The fourth-order valence-electron chi connectivity index (χ4n) is 2.54. The summed E-state index contributed by atoms with van der Waals surface area (Å²) in [4.78, 5) is 1.98. The van der Waals surface area contributed by atoms with Crippen molar-refractivity contribution in [2.45, 2.75) is 31.7 Å². The summed E-state index contributed by atoms with van der Waals surface area (Å²) in [6.45, 7) is 4.14. The highest BCUT2D eigenvalue weighted by Crippen LogP contribution is 2.17. The van der Waals surface area contributed by atoms with E-state index in [1.807, 2.05) is 4.90 Å². The van der Waals surface area contributed by atoms with E-state index in [1.54, 1.807) is 0 Å². The molecule has 2 rings (SSSR count). The van der Waals surface area contributed by atoms with Crippen LogP contribution in [0.15, 0.2) is 0 Å². The van der Waals surface area contributed by atoms with Crippen LogP contribution in [0.4, 0.5) is 0 Å². The van der Waals surface area contributed by atoms with Gasteiger partial charge in [0.25, 0.3) is 0 Å². The molecule has 2 atom stereocenters. The van der Waals surface area contributed by atoms with Crippen molar-refractivity contribution in [3.63, 3.8) is 0 Å². The summed E-state index contributed by atoms with van der Waals surface area (Å²) < 4.78 is 0. The first-order valence-corrected chi connectivity index (χ1v) is 6.30. The zero-order chi connectivity index (χ0) is 11.4. The van der Waals surface area contributed by atoms with E-state index in [0.29, 0.717) is 13.1 Å². The Morgan fingerprint density at radius 1 is 1.18 bits per heavy atom. The van der Waals surface area contributed by atoms with E-state index in [1.165, 1.54) is 12.8 Å². The second-order valence-corrected chi connectivity index (χ2v) is 4.88. The molecule has 0 radical (unpaired) electrons. The van der Waals surface area contributed by atoms with Gasteiger partial charge in [-0.1, -0.05) is 0 Å². The predicted octanol–water partition coefficient (Wildman–Crippen LogP) is -0.660. The molecule has 0 aliphatic carbocycles. The first kappa shape index (κ1) is 15.1. The van der Waals surface area contributed by atoms with Crippen LogP contribution in [0.1, 0.15) is 19.3 Å². The Balaban J connectivity index is 0.00000144.